The highest BCUT2D eigenvalue weighted by Crippen LogP contribution is 2.29. The van der Waals surface area contributed by atoms with Crippen molar-refractivity contribution in [1.82, 2.24) is 0 Å². The Morgan fingerprint density at radius 1 is 0.795 bits per heavy atom. The molecule has 8 heteroatoms. The van der Waals surface area contributed by atoms with Gasteiger partial charge in [-0.25, -0.2) is 0 Å². The van der Waals surface area contributed by atoms with Crippen LogP contribution in [0.4, 0.5) is 17.1 Å². The van der Waals surface area contributed by atoms with E-state index in [-0.39, 0.29) is 11.8 Å². The quantitative estimate of drug-likeness (QED) is 0.240. The van der Waals surface area contributed by atoms with Crippen LogP contribution in [0, 0.1) is 6.92 Å². The standard InChI is InChI=1S/C31H27BrClN3O3/c1-20-2-9-24(34-31(38)23-7-11-26(12-8-23)36-14-16-39-17-15-36)18-27(20)21-3-5-22(6-4-21)30(37)35-25-10-13-28(32)29(33)19-25/h2-13,18-19H,14-17H2,1H3,(H,34,38)(H,35,37). The van der Waals surface area contributed by atoms with E-state index in [4.69, 9.17) is 16.3 Å². The van der Waals surface area contributed by atoms with Gasteiger partial charge in [0.25, 0.3) is 11.8 Å². The normalized spacial score (nSPS) is 13.2. The summed E-state index contributed by atoms with van der Waals surface area (Å²) >= 11 is 9.48. The molecule has 2 amide bonds. The number of halogens is 2. The molecule has 0 atom stereocenters. The minimum Gasteiger partial charge on any atom is -0.378 e. The lowest BCUT2D eigenvalue weighted by Crippen LogP contribution is -2.36. The van der Waals surface area contributed by atoms with Gasteiger partial charge >= 0.3 is 0 Å². The number of hydrogen-bond donors (Lipinski definition) is 2. The predicted molar refractivity (Wildman–Crippen MR) is 161 cm³/mol. The summed E-state index contributed by atoms with van der Waals surface area (Å²) < 4.78 is 6.18. The van der Waals surface area contributed by atoms with Crippen molar-refractivity contribution in [1.29, 1.82) is 0 Å². The molecular formula is C31H27BrClN3O3. The van der Waals surface area contributed by atoms with Crippen LogP contribution in [0.5, 0.6) is 0 Å². The molecule has 5 rings (SSSR count). The van der Waals surface area contributed by atoms with Gasteiger partial charge in [-0.2, -0.15) is 0 Å². The summed E-state index contributed by atoms with van der Waals surface area (Å²) in [5, 5.41) is 6.40. The fourth-order valence-electron chi connectivity index (χ4n) is 4.44. The molecule has 1 aliphatic heterocycles. The molecule has 4 aromatic carbocycles. The highest BCUT2D eigenvalue weighted by molar-refractivity contribution is 9.10. The largest absolute Gasteiger partial charge is 0.378 e. The predicted octanol–water partition coefficient (Wildman–Crippen LogP) is 7.42. The summed E-state index contributed by atoms with van der Waals surface area (Å²) in [5.74, 6) is -0.393. The van der Waals surface area contributed by atoms with E-state index in [9.17, 15) is 9.59 Å². The van der Waals surface area contributed by atoms with Crippen molar-refractivity contribution in [3.63, 3.8) is 0 Å². The van der Waals surface area contributed by atoms with E-state index in [0.29, 0.717) is 27.5 Å². The summed E-state index contributed by atoms with van der Waals surface area (Å²) in [6, 6.07) is 26.1. The minimum absolute atomic E-state index is 0.168. The maximum absolute atomic E-state index is 12.9. The van der Waals surface area contributed by atoms with Crippen molar-refractivity contribution >= 4 is 56.4 Å². The van der Waals surface area contributed by atoms with E-state index >= 15 is 0 Å². The second-order valence-corrected chi connectivity index (χ2v) is 10.6. The number of anilines is 3. The molecule has 1 fully saturated rings. The third kappa shape index (κ3) is 6.50. The van der Waals surface area contributed by atoms with Crippen molar-refractivity contribution < 1.29 is 14.3 Å². The molecule has 198 valence electrons. The van der Waals surface area contributed by atoms with Gasteiger partial charge in [-0.15, -0.1) is 0 Å². The molecular weight excluding hydrogens is 578 g/mol. The van der Waals surface area contributed by atoms with Gasteiger partial charge in [-0.05, 0) is 106 Å². The first-order valence-corrected chi connectivity index (χ1v) is 13.8. The fraction of sp³-hybridized carbons (Fsp3) is 0.161. The van der Waals surface area contributed by atoms with E-state index < -0.39 is 0 Å². The van der Waals surface area contributed by atoms with E-state index in [1.807, 2.05) is 61.5 Å². The van der Waals surface area contributed by atoms with E-state index in [0.717, 1.165) is 53.2 Å². The van der Waals surface area contributed by atoms with Gasteiger partial charge < -0.3 is 20.3 Å². The molecule has 4 aromatic rings. The highest BCUT2D eigenvalue weighted by Gasteiger charge is 2.14. The number of nitrogens with one attached hydrogen (secondary N) is 2. The van der Waals surface area contributed by atoms with Crippen molar-refractivity contribution in [2.75, 3.05) is 41.8 Å². The number of morpholine rings is 1. The molecule has 0 saturated carbocycles. The summed E-state index contributed by atoms with van der Waals surface area (Å²) in [5.41, 5.74) is 6.51. The van der Waals surface area contributed by atoms with Crippen molar-refractivity contribution in [2.45, 2.75) is 6.92 Å². The van der Waals surface area contributed by atoms with Gasteiger partial charge in [0, 0.05) is 45.8 Å². The third-order valence-corrected chi connectivity index (χ3v) is 7.87. The van der Waals surface area contributed by atoms with Crippen molar-refractivity contribution in [3.05, 3.63) is 111 Å². The summed E-state index contributed by atoms with van der Waals surface area (Å²) in [4.78, 5) is 27.9. The van der Waals surface area contributed by atoms with E-state index in [2.05, 4.69) is 31.5 Å². The Labute approximate surface area is 241 Å². The Bertz CT molecular complexity index is 1500. The SMILES string of the molecule is Cc1ccc(NC(=O)c2ccc(N3CCOCC3)cc2)cc1-c1ccc(C(=O)Nc2ccc(Br)c(Cl)c2)cc1. The molecule has 39 heavy (non-hydrogen) atoms. The zero-order chi connectivity index (χ0) is 27.4. The summed E-state index contributed by atoms with van der Waals surface area (Å²) in [6.07, 6.45) is 0. The molecule has 1 heterocycles. The van der Waals surface area contributed by atoms with Gasteiger partial charge in [0.15, 0.2) is 0 Å². The molecule has 6 nitrogen and oxygen atoms in total. The molecule has 0 spiro atoms. The molecule has 0 bridgehead atoms. The first-order chi connectivity index (χ1) is 18.9. The second-order valence-electron chi connectivity index (χ2n) is 9.29. The summed E-state index contributed by atoms with van der Waals surface area (Å²) in [7, 11) is 0. The van der Waals surface area contributed by atoms with Crippen LogP contribution in [0.25, 0.3) is 11.1 Å². The number of carbonyl (C=O) groups is 2. The topological polar surface area (TPSA) is 70.7 Å². The van der Waals surface area contributed by atoms with Crippen LogP contribution in [0.3, 0.4) is 0 Å². The lowest BCUT2D eigenvalue weighted by molar-refractivity contribution is 0.101. The molecule has 0 radical (unpaired) electrons. The zero-order valence-corrected chi connectivity index (χ0v) is 23.7. The highest BCUT2D eigenvalue weighted by atomic mass is 79.9. The Morgan fingerprint density at radius 3 is 1.97 bits per heavy atom. The number of hydrogen-bond acceptors (Lipinski definition) is 4. The first kappa shape index (κ1) is 26.9. The number of aryl methyl sites for hydroxylation is 1. The molecule has 1 saturated heterocycles. The number of benzene rings is 4. The van der Waals surface area contributed by atoms with Gasteiger partial charge in [0.1, 0.15) is 0 Å². The van der Waals surface area contributed by atoms with Crippen LogP contribution >= 0.6 is 27.5 Å². The summed E-state index contributed by atoms with van der Waals surface area (Å²) in [6.45, 7) is 5.15. The lowest BCUT2D eigenvalue weighted by atomic mass is 9.98. The maximum Gasteiger partial charge on any atom is 0.255 e. The molecule has 0 unspecified atom stereocenters. The van der Waals surface area contributed by atoms with Crippen LogP contribution in [0.2, 0.25) is 5.02 Å². The minimum atomic E-state index is -0.225. The number of nitrogens with zero attached hydrogens (tertiary/aromatic N) is 1. The van der Waals surface area contributed by atoms with Crippen LogP contribution in [-0.2, 0) is 4.74 Å². The second kappa shape index (κ2) is 12.0. The molecule has 0 aliphatic carbocycles. The number of ether oxygens (including phenoxy) is 1. The smallest absolute Gasteiger partial charge is 0.255 e. The Balaban J connectivity index is 1.26. The Kier molecular flexibility index (Phi) is 8.31. The van der Waals surface area contributed by atoms with E-state index in [1.54, 1.807) is 30.3 Å². The van der Waals surface area contributed by atoms with E-state index in [1.165, 1.54) is 0 Å². The Morgan fingerprint density at radius 2 is 1.36 bits per heavy atom. The fourth-order valence-corrected chi connectivity index (χ4v) is 4.86. The van der Waals surface area contributed by atoms with Gasteiger partial charge in [-0.1, -0.05) is 29.8 Å². The van der Waals surface area contributed by atoms with Crippen LogP contribution in [0.15, 0.2) is 89.4 Å². The van der Waals surface area contributed by atoms with Gasteiger partial charge in [0.05, 0.1) is 18.2 Å². The monoisotopic (exact) mass is 603 g/mol. The Hall–Kier alpha value is -3.65. The van der Waals surface area contributed by atoms with Crippen LogP contribution < -0.4 is 15.5 Å². The van der Waals surface area contributed by atoms with Crippen LogP contribution in [-0.4, -0.2) is 38.1 Å². The lowest BCUT2D eigenvalue weighted by Gasteiger charge is -2.28. The first-order valence-electron chi connectivity index (χ1n) is 12.6. The maximum atomic E-state index is 12.9. The molecule has 0 aromatic heterocycles. The average Bonchev–Trinajstić information content (AvgIpc) is 2.96. The van der Waals surface area contributed by atoms with Crippen molar-refractivity contribution in [2.24, 2.45) is 0 Å². The van der Waals surface area contributed by atoms with Crippen LogP contribution in [0.1, 0.15) is 26.3 Å². The number of rotatable bonds is 6. The average molecular weight is 605 g/mol. The third-order valence-electron chi connectivity index (χ3n) is 6.64. The molecule has 1 aliphatic rings. The van der Waals surface area contributed by atoms with Crippen molar-refractivity contribution in [3.8, 4) is 11.1 Å². The van der Waals surface area contributed by atoms with Gasteiger partial charge in [0.2, 0.25) is 0 Å². The molecule has 2 N–H and O–H groups in total. The number of amides is 2. The van der Waals surface area contributed by atoms with Gasteiger partial charge in [-0.3, -0.25) is 9.59 Å². The number of carbonyl (C=O) groups excluding carboxylic acids is 2. The zero-order valence-electron chi connectivity index (χ0n) is 21.3.